The first-order valence-corrected chi connectivity index (χ1v) is 7.79. The minimum Gasteiger partial charge on any atom is -0.410 e. The summed E-state index contributed by atoms with van der Waals surface area (Å²) in [6.45, 7) is 5.11. The lowest BCUT2D eigenvalue weighted by Gasteiger charge is -2.09. The van der Waals surface area contributed by atoms with Crippen LogP contribution < -0.4 is 15.4 Å². The Bertz CT molecular complexity index is 571. The number of aromatic nitrogens is 1. The van der Waals surface area contributed by atoms with E-state index in [9.17, 15) is 4.79 Å². The fourth-order valence-corrected chi connectivity index (χ4v) is 2.51. The van der Waals surface area contributed by atoms with Gasteiger partial charge in [-0.25, -0.2) is 9.78 Å². The zero-order chi connectivity index (χ0) is 15.1. The van der Waals surface area contributed by atoms with Crippen molar-refractivity contribution >= 4 is 22.6 Å². The molecule has 1 aromatic heterocycles. The van der Waals surface area contributed by atoms with Crippen LogP contribution in [0.25, 0.3) is 0 Å². The van der Waals surface area contributed by atoms with Gasteiger partial charge in [-0.2, -0.15) is 0 Å². The fourth-order valence-electron chi connectivity index (χ4n) is 1.72. The van der Waals surface area contributed by atoms with Gasteiger partial charge in [0.25, 0.3) is 0 Å². The zero-order valence-electron chi connectivity index (χ0n) is 12.1. The first-order chi connectivity index (χ1) is 10.2. The third kappa shape index (κ3) is 4.84. The second-order valence-electron chi connectivity index (χ2n) is 4.58. The number of para-hydroxylation sites is 1. The molecule has 1 atom stereocenters. The highest BCUT2D eigenvalue weighted by molar-refractivity contribution is 7.13. The summed E-state index contributed by atoms with van der Waals surface area (Å²) in [4.78, 5) is 16.1. The maximum absolute atomic E-state index is 11.8. The van der Waals surface area contributed by atoms with Crippen molar-refractivity contribution in [2.24, 2.45) is 0 Å². The second-order valence-corrected chi connectivity index (χ2v) is 5.44. The van der Waals surface area contributed by atoms with E-state index in [1.54, 1.807) is 12.1 Å². The van der Waals surface area contributed by atoms with Crippen molar-refractivity contribution in [3.05, 3.63) is 41.4 Å². The lowest BCUT2D eigenvalue weighted by Crippen LogP contribution is -2.20. The molecule has 0 bridgehead atoms. The monoisotopic (exact) mass is 305 g/mol. The van der Waals surface area contributed by atoms with Gasteiger partial charge in [-0.05, 0) is 32.0 Å². The number of hydrogen-bond acceptors (Lipinski definition) is 5. The van der Waals surface area contributed by atoms with Crippen LogP contribution in [-0.4, -0.2) is 17.6 Å². The van der Waals surface area contributed by atoms with Crippen molar-refractivity contribution < 1.29 is 9.53 Å². The maximum atomic E-state index is 11.8. The SMILES string of the molecule is CCCNC(C)c1csc(NC(=O)Oc2ccccc2)n1. The molecule has 0 fully saturated rings. The number of hydrogen-bond donors (Lipinski definition) is 2. The van der Waals surface area contributed by atoms with Crippen LogP contribution in [0, 0.1) is 0 Å². The standard InChI is InChI=1S/C15H19N3O2S/c1-3-9-16-11(2)13-10-21-14(17-13)18-15(19)20-12-7-5-4-6-8-12/h4-8,10-11,16H,3,9H2,1-2H3,(H,17,18,19). The summed E-state index contributed by atoms with van der Waals surface area (Å²) in [6, 6.07) is 9.11. The number of anilines is 1. The van der Waals surface area contributed by atoms with Crippen LogP contribution in [-0.2, 0) is 0 Å². The average molecular weight is 305 g/mol. The average Bonchev–Trinajstić information content (AvgIpc) is 2.94. The Morgan fingerprint density at radius 2 is 2.14 bits per heavy atom. The minimum atomic E-state index is -0.531. The van der Waals surface area contributed by atoms with Crippen LogP contribution in [0.5, 0.6) is 5.75 Å². The Morgan fingerprint density at radius 1 is 1.38 bits per heavy atom. The van der Waals surface area contributed by atoms with Gasteiger partial charge in [0.15, 0.2) is 5.13 Å². The normalized spacial score (nSPS) is 11.9. The molecule has 0 aliphatic carbocycles. The third-order valence-electron chi connectivity index (χ3n) is 2.83. The van der Waals surface area contributed by atoms with Gasteiger partial charge in [0.05, 0.1) is 5.69 Å². The third-order valence-corrected chi connectivity index (χ3v) is 3.60. The molecular weight excluding hydrogens is 286 g/mol. The summed E-state index contributed by atoms with van der Waals surface area (Å²) in [7, 11) is 0. The molecule has 2 N–H and O–H groups in total. The van der Waals surface area contributed by atoms with Crippen molar-refractivity contribution in [2.45, 2.75) is 26.3 Å². The summed E-state index contributed by atoms with van der Waals surface area (Å²) in [5.41, 5.74) is 0.920. The van der Waals surface area contributed by atoms with Crippen LogP contribution >= 0.6 is 11.3 Å². The molecule has 1 amide bonds. The Morgan fingerprint density at radius 3 is 2.86 bits per heavy atom. The fraction of sp³-hybridized carbons (Fsp3) is 0.333. The molecule has 0 spiro atoms. The van der Waals surface area contributed by atoms with Gasteiger partial charge in [-0.3, -0.25) is 5.32 Å². The van der Waals surface area contributed by atoms with E-state index < -0.39 is 6.09 Å². The van der Waals surface area contributed by atoms with Gasteiger partial charge in [0, 0.05) is 11.4 Å². The number of nitrogens with zero attached hydrogens (tertiary/aromatic N) is 1. The Hall–Kier alpha value is -1.92. The Kier molecular flexibility index (Phi) is 5.71. The van der Waals surface area contributed by atoms with Crippen molar-refractivity contribution in [3.8, 4) is 5.75 Å². The summed E-state index contributed by atoms with van der Waals surface area (Å²) in [5.74, 6) is 0.504. The number of carbonyl (C=O) groups excluding carboxylic acids is 1. The molecule has 0 saturated carbocycles. The highest BCUT2D eigenvalue weighted by atomic mass is 32.1. The predicted molar refractivity (Wildman–Crippen MR) is 84.9 cm³/mol. The van der Waals surface area contributed by atoms with Crippen molar-refractivity contribution in [2.75, 3.05) is 11.9 Å². The van der Waals surface area contributed by atoms with E-state index in [2.05, 4.69) is 29.5 Å². The van der Waals surface area contributed by atoms with Crippen LogP contribution in [0.15, 0.2) is 35.7 Å². The molecule has 0 aliphatic rings. The van der Waals surface area contributed by atoms with E-state index in [0.29, 0.717) is 10.9 Å². The highest BCUT2D eigenvalue weighted by Gasteiger charge is 2.12. The molecule has 0 saturated heterocycles. The maximum Gasteiger partial charge on any atom is 0.418 e. The zero-order valence-corrected chi connectivity index (χ0v) is 12.9. The number of amides is 1. The lowest BCUT2D eigenvalue weighted by atomic mass is 10.2. The summed E-state index contributed by atoms with van der Waals surface area (Å²) in [6.07, 6.45) is 0.541. The highest BCUT2D eigenvalue weighted by Crippen LogP contribution is 2.21. The molecule has 1 aromatic carbocycles. The Labute approximate surface area is 128 Å². The molecule has 1 unspecified atom stereocenters. The predicted octanol–water partition coefficient (Wildman–Crippen LogP) is 3.81. The van der Waals surface area contributed by atoms with Crippen LogP contribution in [0.2, 0.25) is 0 Å². The minimum absolute atomic E-state index is 0.168. The number of rotatable bonds is 6. The van der Waals surface area contributed by atoms with E-state index in [4.69, 9.17) is 4.74 Å². The lowest BCUT2D eigenvalue weighted by molar-refractivity contribution is 0.215. The molecular formula is C15H19N3O2S. The summed E-state index contributed by atoms with van der Waals surface area (Å²) >= 11 is 1.39. The van der Waals surface area contributed by atoms with Crippen LogP contribution in [0.1, 0.15) is 32.0 Å². The number of ether oxygens (including phenoxy) is 1. The molecule has 1 heterocycles. The van der Waals surface area contributed by atoms with Gasteiger partial charge in [-0.1, -0.05) is 25.1 Å². The first kappa shape index (κ1) is 15.5. The van der Waals surface area contributed by atoms with E-state index in [1.165, 1.54) is 11.3 Å². The van der Waals surface area contributed by atoms with Gasteiger partial charge in [0.1, 0.15) is 5.75 Å². The number of nitrogens with one attached hydrogen (secondary N) is 2. The topological polar surface area (TPSA) is 63.2 Å². The summed E-state index contributed by atoms with van der Waals surface area (Å²) in [5, 5.41) is 8.47. The number of benzene rings is 1. The van der Waals surface area contributed by atoms with Crippen molar-refractivity contribution in [1.82, 2.24) is 10.3 Å². The van der Waals surface area contributed by atoms with Gasteiger partial charge < -0.3 is 10.1 Å². The Balaban J connectivity index is 1.88. The van der Waals surface area contributed by atoms with Gasteiger partial charge in [-0.15, -0.1) is 11.3 Å². The van der Waals surface area contributed by atoms with Gasteiger partial charge >= 0.3 is 6.09 Å². The van der Waals surface area contributed by atoms with E-state index in [0.717, 1.165) is 18.7 Å². The largest absolute Gasteiger partial charge is 0.418 e. The molecule has 6 heteroatoms. The van der Waals surface area contributed by atoms with E-state index >= 15 is 0 Å². The van der Waals surface area contributed by atoms with E-state index in [-0.39, 0.29) is 6.04 Å². The molecule has 21 heavy (non-hydrogen) atoms. The molecule has 5 nitrogen and oxygen atoms in total. The first-order valence-electron chi connectivity index (χ1n) is 6.91. The van der Waals surface area contributed by atoms with E-state index in [1.807, 2.05) is 23.6 Å². The number of thiazole rings is 1. The molecule has 2 rings (SSSR count). The molecule has 0 radical (unpaired) electrons. The second kappa shape index (κ2) is 7.75. The number of carbonyl (C=O) groups is 1. The molecule has 0 aliphatic heterocycles. The van der Waals surface area contributed by atoms with Crippen LogP contribution in [0.3, 0.4) is 0 Å². The smallest absolute Gasteiger partial charge is 0.410 e. The summed E-state index contributed by atoms with van der Waals surface area (Å²) < 4.78 is 5.15. The van der Waals surface area contributed by atoms with Crippen molar-refractivity contribution in [1.29, 1.82) is 0 Å². The van der Waals surface area contributed by atoms with Crippen molar-refractivity contribution in [3.63, 3.8) is 0 Å². The molecule has 112 valence electrons. The quantitative estimate of drug-likeness (QED) is 0.851. The van der Waals surface area contributed by atoms with Crippen LogP contribution in [0.4, 0.5) is 9.93 Å². The van der Waals surface area contributed by atoms with Gasteiger partial charge in [0.2, 0.25) is 0 Å². The molecule has 2 aromatic rings.